The largest absolute Gasteiger partial charge is 0.392 e. The predicted molar refractivity (Wildman–Crippen MR) is 89.1 cm³/mol. The first-order chi connectivity index (χ1) is 10.2. The van der Waals surface area contributed by atoms with Crippen LogP contribution in [0.25, 0.3) is 0 Å². The van der Waals surface area contributed by atoms with Crippen molar-refractivity contribution in [2.24, 2.45) is 0 Å². The Bertz CT molecular complexity index is 601. The average Bonchev–Trinajstić information content (AvgIpc) is 2.52. The molecule has 0 aliphatic carbocycles. The summed E-state index contributed by atoms with van der Waals surface area (Å²) < 4.78 is 1.03. The molecule has 0 saturated carbocycles. The second-order valence-electron chi connectivity index (χ2n) is 4.50. The van der Waals surface area contributed by atoms with E-state index in [2.05, 4.69) is 21.2 Å². The number of hydrogen-bond donors (Lipinski definition) is 2. The number of carbonyl (C=O) groups is 1. The Hall–Kier alpha value is -1.30. The fourth-order valence-electron chi connectivity index (χ4n) is 1.77. The van der Waals surface area contributed by atoms with Crippen LogP contribution in [-0.2, 0) is 17.9 Å². The number of rotatable bonds is 6. The van der Waals surface area contributed by atoms with Crippen LogP contribution in [0.15, 0.2) is 57.9 Å². The molecular weight excluding hydrogens is 350 g/mol. The molecule has 0 heterocycles. The summed E-state index contributed by atoms with van der Waals surface area (Å²) in [5.74, 6) is 0.388. The molecule has 1 amide bonds. The molecule has 0 unspecified atom stereocenters. The monoisotopic (exact) mass is 365 g/mol. The minimum atomic E-state index is -0.00248. The lowest BCUT2D eigenvalue weighted by atomic mass is 10.1. The first-order valence-corrected chi connectivity index (χ1v) is 8.29. The molecule has 0 spiro atoms. The second-order valence-corrected chi connectivity index (χ2v) is 6.46. The number of amides is 1. The van der Waals surface area contributed by atoms with Gasteiger partial charge in [0.05, 0.1) is 12.4 Å². The van der Waals surface area contributed by atoms with Gasteiger partial charge in [0, 0.05) is 15.9 Å². The van der Waals surface area contributed by atoms with Crippen molar-refractivity contribution < 1.29 is 9.90 Å². The quantitative estimate of drug-likeness (QED) is 0.771. The Morgan fingerprint density at radius 3 is 2.57 bits per heavy atom. The molecule has 5 heteroatoms. The van der Waals surface area contributed by atoms with Gasteiger partial charge < -0.3 is 10.4 Å². The number of benzene rings is 2. The minimum Gasteiger partial charge on any atom is -0.392 e. The molecule has 0 atom stereocenters. The molecule has 2 aromatic carbocycles. The van der Waals surface area contributed by atoms with Crippen molar-refractivity contribution >= 4 is 33.6 Å². The molecule has 0 saturated heterocycles. The maximum atomic E-state index is 11.8. The van der Waals surface area contributed by atoms with Crippen molar-refractivity contribution in [3.63, 3.8) is 0 Å². The lowest BCUT2D eigenvalue weighted by Crippen LogP contribution is -2.24. The van der Waals surface area contributed by atoms with Crippen molar-refractivity contribution in [3.05, 3.63) is 64.1 Å². The topological polar surface area (TPSA) is 49.3 Å². The van der Waals surface area contributed by atoms with Gasteiger partial charge in [0.25, 0.3) is 0 Å². The molecule has 2 N–H and O–H groups in total. The maximum absolute atomic E-state index is 11.8. The SMILES string of the molecule is O=C(CSc1ccc(Br)cc1)NCc1cccc(CO)c1. The molecule has 0 aliphatic rings. The van der Waals surface area contributed by atoms with E-state index < -0.39 is 0 Å². The number of carbonyl (C=O) groups excluding carboxylic acids is 1. The number of thioether (sulfide) groups is 1. The van der Waals surface area contributed by atoms with Crippen LogP contribution in [0.4, 0.5) is 0 Å². The zero-order chi connectivity index (χ0) is 15.1. The molecule has 0 aliphatic heterocycles. The smallest absolute Gasteiger partial charge is 0.230 e. The van der Waals surface area contributed by atoms with Gasteiger partial charge in [0.1, 0.15) is 0 Å². The zero-order valence-electron chi connectivity index (χ0n) is 11.4. The summed E-state index contributed by atoms with van der Waals surface area (Å²) in [5, 5.41) is 12.0. The molecule has 3 nitrogen and oxygen atoms in total. The fourth-order valence-corrected chi connectivity index (χ4v) is 2.76. The van der Waals surface area contributed by atoms with Crippen LogP contribution in [0, 0.1) is 0 Å². The van der Waals surface area contributed by atoms with E-state index in [1.165, 1.54) is 11.8 Å². The van der Waals surface area contributed by atoms with E-state index in [1.54, 1.807) is 0 Å². The molecule has 21 heavy (non-hydrogen) atoms. The molecule has 2 rings (SSSR count). The van der Waals surface area contributed by atoms with Crippen LogP contribution < -0.4 is 5.32 Å². The summed E-state index contributed by atoms with van der Waals surface area (Å²) in [6, 6.07) is 15.4. The van der Waals surface area contributed by atoms with Crippen molar-refractivity contribution in [1.82, 2.24) is 5.32 Å². The van der Waals surface area contributed by atoms with E-state index in [-0.39, 0.29) is 12.5 Å². The maximum Gasteiger partial charge on any atom is 0.230 e. The van der Waals surface area contributed by atoms with E-state index in [4.69, 9.17) is 5.11 Å². The molecular formula is C16H16BrNO2S. The molecule has 110 valence electrons. The van der Waals surface area contributed by atoms with Gasteiger partial charge in [0.2, 0.25) is 5.91 Å². The summed E-state index contributed by atoms with van der Waals surface area (Å²) in [5.41, 5.74) is 1.84. The van der Waals surface area contributed by atoms with Crippen LogP contribution in [0.2, 0.25) is 0 Å². The van der Waals surface area contributed by atoms with E-state index >= 15 is 0 Å². The fraction of sp³-hybridized carbons (Fsp3) is 0.188. The Labute approximate surface area is 136 Å². The number of aliphatic hydroxyl groups excluding tert-OH is 1. The molecule has 0 aromatic heterocycles. The van der Waals surface area contributed by atoms with Gasteiger partial charge >= 0.3 is 0 Å². The third-order valence-electron chi connectivity index (χ3n) is 2.85. The van der Waals surface area contributed by atoms with Crippen LogP contribution in [-0.4, -0.2) is 16.8 Å². The third-order valence-corrected chi connectivity index (χ3v) is 4.39. The second kappa shape index (κ2) is 8.22. The van der Waals surface area contributed by atoms with Crippen LogP contribution in [0.5, 0.6) is 0 Å². The van der Waals surface area contributed by atoms with Crippen molar-refractivity contribution in [1.29, 1.82) is 0 Å². The molecule has 0 fully saturated rings. The first kappa shape index (κ1) is 16.1. The number of halogens is 1. The van der Waals surface area contributed by atoms with Crippen LogP contribution in [0.1, 0.15) is 11.1 Å². The normalized spacial score (nSPS) is 10.4. The van der Waals surface area contributed by atoms with E-state index in [0.717, 1.165) is 20.5 Å². The Kier molecular flexibility index (Phi) is 6.29. The van der Waals surface area contributed by atoms with Gasteiger partial charge in [-0.2, -0.15) is 0 Å². The lowest BCUT2D eigenvalue weighted by molar-refractivity contribution is -0.118. The number of aliphatic hydroxyl groups is 1. The summed E-state index contributed by atoms with van der Waals surface area (Å²) in [7, 11) is 0. The Morgan fingerprint density at radius 2 is 1.86 bits per heavy atom. The predicted octanol–water partition coefficient (Wildman–Crippen LogP) is 3.35. The van der Waals surface area contributed by atoms with E-state index in [1.807, 2.05) is 48.5 Å². The molecule has 0 bridgehead atoms. The lowest BCUT2D eigenvalue weighted by Gasteiger charge is -2.06. The molecule has 0 radical (unpaired) electrons. The Balaban J connectivity index is 1.78. The van der Waals surface area contributed by atoms with E-state index in [9.17, 15) is 4.79 Å². The standard InChI is InChI=1S/C16H16BrNO2S/c17-14-4-6-15(7-5-14)21-11-16(20)18-9-12-2-1-3-13(8-12)10-19/h1-8,19H,9-11H2,(H,18,20). The van der Waals surface area contributed by atoms with Crippen molar-refractivity contribution in [3.8, 4) is 0 Å². The van der Waals surface area contributed by atoms with Crippen molar-refractivity contribution in [2.45, 2.75) is 18.0 Å². The summed E-state index contributed by atoms with van der Waals surface area (Å²) >= 11 is 4.89. The van der Waals surface area contributed by atoms with Gasteiger partial charge in [-0.05, 0) is 35.4 Å². The summed E-state index contributed by atoms with van der Waals surface area (Å²) in [4.78, 5) is 12.9. The van der Waals surface area contributed by atoms with Gasteiger partial charge in [0.15, 0.2) is 0 Å². The highest BCUT2D eigenvalue weighted by molar-refractivity contribution is 9.10. The summed E-state index contributed by atoms with van der Waals surface area (Å²) in [6.07, 6.45) is 0. The van der Waals surface area contributed by atoms with Crippen LogP contribution in [0.3, 0.4) is 0 Å². The highest BCUT2D eigenvalue weighted by atomic mass is 79.9. The molecule has 2 aromatic rings. The number of nitrogens with one attached hydrogen (secondary N) is 1. The van der Waals surface area contributed by atoms with Crippen molar-refractivity contribution in [2.75, 3.05) is 5.75 Å². The highest BCUT2D eigenvalue weighted by Crippen LogP contribution is 2.20. The Morgan fingerprint density at radius 1 is 1.14 bits per heavy atom. The van der Waals surface area contributed by atoms with Gasteiger partial charge in [-0.1, -0.05) is 40.2 Å². The van der Waals surface area contributed by atoms with Gasteiger partial charge in [-0.3, -0.25) is 4.79 Å². The van der Waals surface area contributed by atoms with Crippen LogP contribution >= 0.6 is 27.7 Å². The highest BCUT2D eigenvalue weighted by Gasteiger charge is 2.03. The summed E-state index contributed by atoms with van der Waals surface area (Å²) in [6.45, 7) is 0.495. The third kappa shape index (κ3) is 5.53. The van der Waals surface area contributed by atoms with Gasteiger partial charge in [-0.25, -0.2) is 0 Å². The zero-order valence-corrected chi connectivity index (χ0v) is 13.8. The van der Waals surface area contributed by atoms with Gasteiger partial charge in [-0.15, -0.1) is 11.8 Å². The average molecular weight is 366 g/mol. The minimum absolute atomic E-state index is 0.00248. The van der Waals surface area contributed by atoms with E-state index in [0.29, 0.717) is 12.3 Å². The first-order valence-electron chi connectivity index (χ1n) is 6.51. The number of hydrogen-bond acceptors (Lipinski definition) is 3.